The maximum Gasteiger partial charge on any atom is 0.352 e. The molecule has 2 aromatic rings. The molecule has 3 rings (SSSR count). The predicted molar refractivity (Wildman–Crippen MR) is 124 cm³/mol. The molecule has 0 fully saturated rings. The second kappa shape index (κ2) is 9.09. The number of aryl methyl sites for hydroxylation is 1. The Labute approximate surface area is 188 Å². The van der Waals surface area contributed by atoms with Crippen molar-refractivity contribution in [3.05, 3.63) is 70.0 Å². The van der Waals surface area contributed by atoms with Crippen molar-refractivity contribution in [3.8, 4) is 0 Å². The highest BCUT2D eigenvalue weighted by Gasteiger charge is 2.39. The molecular weight excluding hydrogens is 429 g/mol. The Kier molecular flexibility index (Phi) is 6.82. The molecule has 1 aromatic carbocycles. The van der Waals surface area contributed by atoms with Crippen LogP contribution in [0, 0.1) is 6.92 Å². The Bertz CT molecular complexity index is 1080. The number of amides is 1. The van der Waals surface area contributed by atoms with Gasteiger partial charge in [0.15, 0.2) is 14.5 Å². The van der Waals surface area contributed by atoms with Crippen LogP contribution in [0.25, 0.3) is 0 Å². The summed E-state index contributed by atoms with van der Waals surface area (Å²) >= 11 is 0. The maximum absolute atomic E-state index is 14.7. The van der Waals surface area contributed by atoms with Crippen molar-refractivity contribution in [1.29, 1.82) is 0 Å². The van der Waals surface area contributed by atoms with Crippen LogP contribution < -0.4 is 11.0 Å². The number of ether oxygens (including phenoxy) is 1. The van der Waals surface area contributed by atoms with Gasteiger partial charge in [-0.25, -0.2) is 9.18 Å². The Hall–Kier alpha value is -2.62. The SMILES string of the molecule is Cc1cn([C@H]2O[C@H](CO[Si](C)(C)C(C)(C)C)C=C2F)c(=O)nc1NC(=O)c1ccccc1. The van der Waals surface area contributed by atoms with E-state index in [9.17, 15) is 14.0 Å². The van der Waals surface area contributed by atoms with Gasteiger partial charge in [-0.3, -0.25) is 9.36 Å². The van der Waals surface area contributed by atoms with Crippen LogP contribution in [0.3, 0.4) is 0 Å². The monoisotopic (exact) mass is 459 g/mol. The van der Waals surface area contributed by atoms with Gasteiger partial charge in [-0.05, 0) is 43.3 Å². The molecule has 172 valence electrons. The zero-order chi connectivity index (χ0) is 23.7. The normalized spacial score (nSPS) is 19.0. The smallest absolute Gasteiger partial charge is 0.352 e. The summed E-state index contributed by atoms with van der Waals surface area (Å²) in [5.74, 6) is -0.831. The molecule has 32 heavy (non-hydrogen) atoms. The van der Waals surface area contributed by atoms with E-state index >= 15 is 0 Å². The van der Waals surface area contributed by atoms with Crippen LogP contribution in [0.1, 0.15) is 42.9 Å². The largest absolute Gasteiger partial charge is 0.414 e. The van der Waals surface area contributed by atoms with E-state index in [0.717, 1.165) is 4.57 Å². The van der Waals surface area contributed by atoms with Crippen molar-refractivity contribution >= 4 is 20.0 Å². The minimum absolute atomic E-state index is 0.0191. The molecule has 0 radical (unpaired) electrons. The molecule has 1 aliphatic rings. The molecule has 2 atom stereocenters. The van der Waals surface area contributed by atoms with Crippen molar-refractivity contribution < 1.29 is 18.3 Å². The highest BCUT2D eigenvalue weighted by Crippen LogP contribution is 2.37. The molecule has 0 aliphatic carbocycles. The number of aromatic nitrogens is 2. The molecule has 7 nitrogen and oxygen atoms in total. The number of hydrogen-bond donors (Lipinski definition) is 1. The Morgan fingerprint density at radius 1 is 1.28 bits per heavy atom. The van der Waals surface area contributed by atoms with Gasteiger partial charge in [-0.2, -0.15) is 4.98 Å². The number of anilines is 1. The van der Waals surface area contributed by atoms with E-state index in [1.165, 1.54) is 12.3 Å². The number of rotatable bonds is 6. The van der Waals surface area contributed by atoms with E-state index in [0.29, 0.717) is 11.1 Å². The molecule has 0 bridgehead atoms. The van der Waals surface area contributed by atoms with Crippen molar-refractivity contribution in [2.75, 3.05) is 11.9 Å². The summed E-state index contributed by atoms with van der Waals surface area (Å²) in [6.45, 7) is 12.5. The summed E-state index contributed by atoms with van der Waals surface area (Å²) in [5, 5.41) is 2.65. The molecule has 9 heteroatoms. The van der Waals surface area contributed by atoms with Crippen LogP contribution in [0.5, 0.6) is 0 Å². The first-order chi connectivity index (χ1) is 14.9. The van der Waals surface area contributed by atoms with Crippen molar-refractivity contribution in [1.82, 2.24) is 9.55 Å². The average Bonchev–Trinajstić information content (AvgIpc) is 3.09. The van der Waals surface area contributed by atoms with Gasteiger partial charge in [-0.1, -0.05) is 39.0 Å². The van der Waals surface area contributed by atoms with Gasteiger partial charge in [0.1, 0.15) is 17.7 Å². The van der Waals surface area contributed by atoms with Crippen molar-refractivity contribution in [3.63, 3.8) is 0 Å². The summed E-state index contributed by atoms with van der Waals surface area (Å²) in [4.78, 5) is 28.9. The van der Waals surface area contributed by atoms with Crippen molar-refractivity contribution in [2.45, 2.75) is 58.2 Å². The molecule has 1 aromatic heterocycles. The van der Waals surface area contributed by atoms with Crippen LogP contribution in [-0.4, -0.2) is 36.5 Å². The fraction of sp³-hybridized carbons (Fsp3) is 0.435. The van der Waals surface area contributed by atoms with Gasteiger partial charge in [0.25, 0.3) is 5.91 Å². The summed E-state index contributed by atoms with van der Waals surface area (Å²) in [5.41, 5.74) is 0.222. The number of halogens is 1. The molecule has 0 unspecified atom stereocenters. The zero-order valence-corrected chi connectivity index (χ0v) is 20.3. The number of benzene rings is 1. The molecule has 2 heterocycles. The van der Waals surface area contributed by atoms with E-state index in [-0.39, 0.29) is 23.4 Å². The third-order valence-electron chi connectivity index (χ3n) is 5.95. The van der Waals surface area contributed by atoms with Gasteiger partial charge in [0.05, 0.1) is 6.61 Å². The van der Waals surface area contributed by atoms with Gasteiger partial charge < -0.3 is 14.5 Å². The molecule has 0 saturated heterocycles. The third-order valence-corrected chi connectivity index (χ3v) is 10.5. The first kappa shape index (κ1) is 24.0. The van der Waals surface area contributed by atoms with E-state index in [4.69, 9.17) is 9.16 Å². The molecule has 1 amide bonds. The fourth-order valence-corrected chi connectivity index (χ4v) is 3.97. The van der Waals surface area contributed by atoms with E-state index in [2.05, 4.69) is 44.2 Å². The van der Waals surface area contributed by atoms with Crippen molar-refractivity contribution in [2.24, 2.45) is 0 Å². The Morgan fingerprint density at radius 3 is 2.56 bits per heavy atom. The average molecular weight is 460 g/mol. The Balaban J connectivity index is 1.72. The highest BCUT2D eigenvalue weighted by molar-refractivity contribution is 6.74. The lowest BCUT2D eigenvalue weighted by Gasteiger charge is -2.36. The van der Waals surface area contributed by atoms with Gasteiger partial charge >= 0.3 is 5.69 Å². The van der Waals surface area contributed by atoms with Crippen LogP contribution in [0.15, 0.2) is 53.2 Å². The van der Waals surface area contributed by atoms with Crippen LogP contribution >= 0.6 is 0 Å². The first-order valence-corrected chi connectivity index (χ1v) is 13.4. The second-order valence-electron chi connectivity index (χ2n) is 9.43. The predicted octanol–water partition coefficient (Wildman–Crippen LogP) is 4.58. The van der Waals surface area contributed by atoms with E-state index in [1.54, 1.807) is 37.3 Å². The van der Waals surface area contributed by atoms with Crippen LogP contribution in [0.4, 0.5) is 10.2 Å². The fourth-order valence-electron chi connectivity index (χ4n) is 2.95. The number of hydrogen-bond acceptors (Lipinski definition) is 5. The molecule has 1 N–H and O–H groups in total. The zero-order valence-electron chi connectivity index (χ0n) is 19.3. The maximum atomic E-state index is 14.7. The van der Waals surface area contributed by atoms with Crippen LogP contribution in [-0.2, 0) is 9.16 Å². The standard InChI is InChI=1S/C23H30FN3O4Si/c1-15-13-27(22(29)26-19(15)25-20(28)16-10-8-7-9-11-16)21-18(24)12-17(31-21)14-30-32(5,6)23(2,3)4/h7-13,17,21H,14H2,1-6H3,(H,25,26,28,29)/t17-,21-/m0/s1. The summed E-state index contributed by atoms with van der Waals surface area (Å²) in [7, 11) is -2.02. The molecule has 0 saturated carbocycles. The lowest BCUT2D eigenvalue weighted by atomic mass is 10.2. The quantitative estimate of drug-likeness (QED) is 0.640. The van der Waals surface area contributed by atoms with Gasteiger partial charge in [-0.15, -0.1) is 0 Å². The van der Waals surface area contributed by atoms with Gasteiger partial charge in [0, 0.05) is 17.3 Å². The number of carbonyl (C=O) groups excluding carboxylic acids is 1. The highest BCUT2D eigenvalue weighted by atomic mass is 28.4. The van der Waals surface area contributed by atoms with Crippen LogP contribution in [0.2, 0.25) is 18.1 Å². The summed E-state index contributed by atoms with van der Waals surface area (Å²) in [6, 6.07) is 8.60. The van der Waals surface area contributed by atoms with Gasteiger partial charge in [0.2, 0.25) is 0 Å². The molecule has 1 aliphatic heterocycles. The molecule has 0 spiro atoms. The summed E-state index contributed by atoms with van der Waals surface area (Å²) < 4.78 is 27.6. The summed E-state index contributed by atoms with van der Waals surface area (Å²) in [6.07, 6.45) is 0.967. The number of carbonyl (C=O) groups is 1. The van der Waals surface area contributed by atoms with E-state index in [1.807, 2.05) is 0 Å². The Morgan fingerprint density at radius 2 is 1.94 bits per heavy atom. The van der Waals surface area contributed by atoms with E-state index < -0.39 is 32.2 Å². The first-order valence-electron chi connectivity index (χ1n) is 10.5. The minimum atomic E-state index is -2.02. The minimum Gasteiger partial charge on any atom is -0.414 e. The molecular formula is C23H30FN3O4Si. The second-order valence-corrected chi connectivity index (χ2v) is 14.2. The lowest BCUT2D eigenvalue weighted by Crippen LogP contribution is -2.42. The lowest BCUT2D eigenvalue weighted by molar-refractivity contribution is -0.0192. The number of nitrogens with zero attached hydrogens (tertiary/aromatic N) is 2. The number of nitrogens with one attached hydrogen (secondary N) is 1. The topological polar surface area (TPSA) is 82.4 Å². The third kappa shape index (κ3) is 5.23.